The summed E-state index contributed by atoms with van der Waals surface area (Å²) >= 11 is 3.42. The largest absolute Gasteiger partial charge is 0.444 e. The van der Waals surface area contributed by atoms with Gasteiger partial charge in [0, 0.05) is 29.3 Å². The molecule has 34 heavy (non-hydrogen) atoms. The molecule has 3 amide bonds. The van der Waals surface area contributed by atoms with E-state index in [1.165, 1.54) is 0 Å². The molecule has 2 bridgehead atoms. The first-order chi connectivity index (χ1) is 16.1. The summed E-state index contributed by atoms with van der Waals surface area (Å²) in [6.45, 7) is 6.51. The SMILES string of the molecule is CC(C)(C)OC(=O)N1CCC(NC(=O)[C@H]2[C@H](C(=O)Nc3ccc(Br)cc3)[C@H]3C=C[C@H]2C32CC2)C1. The lowest BCUT2D eigenvalue weighted by molar-refractivity contribution is -0.133. The molecule has 1 saturated heterocycles. The number of nitrogens with zero attached hydrogens (tertiary/aromatic N) is 1. The van der Waals surface area contributed by atoms with Crippen LogP contribution in [0.5, 0.6) is 0 Å². The highest BCUT2D eigenvalue weighted by molar-refractivity contribution is 9.10. The zero-order chi connectivity index (χ0) is 24.3. The molecule has 1 heterocycles. The Hall–Kier alpha value is -2.35. The Morgan fingerprint density at radius 1 is 1.03 bits per heavy atom. The summed E-state index contributed by atoms with van der Waals surface area (Å²) in [5.41, 5.74) is 0.247. The Balaban J connectivity index is 1.27. The smallest absolute Gasteiger partial charge is 0.410 e. The average molecular weight is 530 g/mol. The topological polar surface area (TPSA) is 87.7 Å². The minimum absolute atomic E-state index is 0.0714. The van der Waals surface area contributed by atoms with Gasteiger partial charge in [-0.15, -0.1) is 0 Å². The third kappa shape index (κ3) is 4.25. The fourth-order valence-corrected chi connectivity index (χ4v) is 6.40. The normalized spacial score (nSPS) is 30.5. The Labute approximate surface area is 208 Å². The van der Waals surface area contributed by atoms with Crippen molar-refractivity contribution >= 4 is 39.5 Å². The molecule has 1 aliphatic heterocycles. The zero-order valence-electron chi connectivity index (χ0n) is 19.8. The lowest BCUT2D eigenvalue weighted by Gasteiger charge is -2.28. The number of allylic oxidation sites excluding steroid dienone is 2. The van der Waals surface area contributed by atoms with E-state index in [2.05, 4.69) is 38.7 Å². The molecule has 1 unspecified atom stereocenters. The molecule has 2 saturated carbocycles. The summed E-state index contributed by atoms with van der Waals surface area (Å²) < 4.78 is 6.42. The van der Waals surface area contributed by atoms with Gasteiger partial charge in [0.1, 0.15) is 5.60 Å². The molecule has 8 heteroatoms. The third-order valence-electron chi connectivity index (χ3n) is 7.75. The van der Waals surface area contributed by atoms with E-state index in [1.807, 2.05) is 45.0 Å². The second-order valence-electron chi connectivity index (χ2n) is 11.1. The van der Waals surface area contributed by atoms with Crippen LogP contribution >= 0.6 is 15.9 Å². The number of nitrogens with one attached hydrogen (secondary N) is 2. The van der Waals surface area contributed by atoms with Gasteiger partial charge in [0.25, 0.3) is 0 Å². The van der Waals surface area contributed by atoms with Crippen LogP contribution in [0.3, 0.4) is 0 Å². The second-order valence-corrected chi connectivity index (χ2v) is 12.1. The highest BCUT2D eigenvalue weighted by Crippen LogP contribution is 2.72. The maximum absolute atomic E-state index is 13.6. The molecule has 7 nitrogen and oxygen atoms in total. The Morgan fingerprint density at radius 3 is 2.24 bits per heavy atom. The third-order valence-corrected chi connectivity index (χ3v) is 8.27. The number of hydrogen-bond acceptors (Lipinski definition) is 4. The number of carbonyl (C=O) groups excluding carboxylic acids is 3. The van der Waals surface area contributed by atoms with Gasteiger partial charge in [0.2, 0.25) is 11.8 Å². The van der Waals surface area contributed by atoms with Crippen molar-refractivity contribution in [3.63, 3.8) is 0 Å². The van der Waals surface area contributed by atoms with E-state index < -0.39 is 5.60 Å². The summed E-state index contributed by atoms with van der Waals surface area (Å²) in [6, 6.07) is 7.36. The first-order valence-corrected chi connectivity index (χ1v) is 12.9. The fourth-order valence-electron chi connectivity index (χ4n) is 6.14. The fraction of sp³-hybridized carbons (Fsp3) is 0.577. The van der Waals surface area contributed by atoms with Gasteiger partial charge in [-0.25, -0.2) is 4.79 Å². The van der Waals surface area contributed by atoms with Crippen LogP contribution in [0.2, 0.25) is 0 Å². The number of ether oxygens (including phenoxy) is 1. The minimum Gasteiger partial charge on any atom is -0.444 e. The van der Waals surface area contributed by atoms with E-state index >= 15 is 0 Å². The van der Waals surface area contributed by atoms with Gasteiger partial charge in [-0.1, -0.05) is 28.1 Å². The number of benzene rings is 1. The van der Waals surface area contributed by atoms with E-state index in [0.29, 0.717) is 19.5 Å². The number of rotatable bonds is 4. The maximum atomic E-state index is 13.6. The van der Waals surface area contributed by atoms with E-state index in [4.69, 9.17) is 4.74 Å². The molecule has 1 aromatic rings. The monoisotopic (exact) mass is 529 g/mol. The van der Waals surface area contributed by atoms with Crippen LogP contribution in [-0.4, -0.2) is 47.5 Å². The highest BCUT2D eigenvalue weighted by atomic mass is 79.9. The molecular formula is C26H32BrN3O4. The number of carbonyl (C=O) groups is 3. The summed E-state index contributed by atoms with van der Waals surface area (Å²) in [4.78, 5) is 41.0. The number of anilines is 1. The molecule has 182 valence electrons. The molecule has 1 spiro atoms. The van der Waals surface area contributed by atoms with E-state index in [-0.39, 0.29) is 53.0 Å². The summed E-state index contributed by atoms with van der Waals surface area (Å²) in [6.07, 6.45) is 6.78. The molecule has 3 aliphatic carbocycles. The molecule has 5 rings (SSSR count). The molecular weight excluding hydrogens is 498 g/mol. The predicted octanol–water partition coefficient (Wildman–Crippen LogP) is 4.34. The van der Waals surface area contributed by atoms with Gasteiger partial charge in [-0.05, 0) is 81.5 Å². The quantitative estimate of drug-likeness (QED) is 0.567. The van der Waals surface area contributed by atoms with Crippen LogP contribution in [0.4, 0.5) is 10.5 Å². The molecule has 4 aliphatic rings. The van der Waals surface area contributed by atoms with Gasteiger partial charge in [0.05, 0.1) is 11.8 Å². The van der Waals surface area contributed by atoms with Crippen LogP contribution in [-0.2, 0) is 14.3 Å². The van der Waals surface area contributed by atoms with Crippen molar-refractivity contribution in [2.24, 2.45) is 29.1 Å². The zero-order valence-corrected chi connectivity index (χ0v) is 21.4. The second kappa shape index (κ2) is 8.40. The molecule has 0 aromatic heterocycles. The maximum Gasteiger partial charge on any atom is 0.410 e. The van der Waals surface area contributed by atoms with Gasteiger partial charge in [0.15, 0.2) is 0 Å². The van der Waals surface area contributed by atoms with Crippen molar-refractivity contribution in [1.29, 1.82) is 0 Å². The van der Waals surface area contributed by atoms with Crippen LogP contribution in [0.15, 0.2) is 40.9 Å². The van der Waals surface area contributed by atoms with Gasteiger partial charge in [-0.2, -0.15) is 0 Å². The van der Waals surface area contributed by atoms with E-state index in [1.54, 1.807) is 4.90 Å². The Kier molecular flexibility index (Phi) is 5.78. The molecule has 3 fully saturated rings. The lowest BCUT2D eigenvalue weighted by Crippen LogP contribution is -2.46. The van der Waals surface area contributed by atoms with Crippen molar-refractivity contribution in [3.8, 4) is 0 Å². The highest BCUT2D eigenvalue weighted by Gasteiger charge is 2.69. The van der Waals surface area contributed by atoms with E-state index in [0.717, 1.165) is 23.0 Å². The number of halogens is 1. The van der Waals surface area contributed by atoms with Crippen molar-refractivity contribution in [2.75, 3.05) is 18.4 Å². The summed E-state index contributed by atoms with van der Waals surface area (Å²) in [5, 5.41) is 6.21. The first-order valence-electron chi connectivity index (χ1n) is 12.1. The van der Waals surface area contributed by atoms with Crippen molar-refractivity contribution in [3.05, 3.63) is 40.9 Å². The first kappa shape index (κ1) is 23.4. The van der Waals surface area contributed by atoms with Crippen molar-refractivity contribution in [1.82, 2.24) is 10.2 Å². The van der Waals surface area contributed by atoms with E-state index in [9.17, 15) is 14.4 Å². The molecule has 2 N–H and O–H groups in total. The summed E-state index contributed by atoms with van der Waals surface area (Å²) in [7, 11) is 0. The van der Waals surface area contributed by atoms with Crippen molar-refractivity contribution < 1.29 is 19.1 Å². The van der Waals surface area contributed by atoms with Crippen LogP contribution in [0, 0.1) is 29.1 Å². The lowest BCUT2D eigenvalue weighted by atomic mass is 9.81. The van der Waals surface area contributed by atoms with Crippen LogP contribution in [0.25, 0.3) is 0 Å². The molecule has 0 radical (unpaired) electrons. The van der Waals surface area contributed by atoms with Gasteiger partial charge >= 0.3 is 6.09 Å². The minimum atomic E-state index is -0.554. The van der Waals surface area contributed by atoms with Crippen molar-refractivity contribution in [2.45, 2.75) is 51.7 Å². The van der Waals surface area contributed by atoms with Crippen LogP contribution in [0.1, 0.15) is 40.0 Å². The molecule has 1 aromatic carbocycles. The average Bonchev–Trinajstić information content (AvgIpc) is 3.18. The number of amides is 3. The molecule has 5 atom stereocenters. The van der Waals surface area contributed by atoms with Crippen LogP contribution < -0.4 is 10.6 Å². The predicted molar refractivity (Wildman–Crippen MR) is 132 cm³/mol. The van der Waals surface area contributed by atoms with Gasteiger partial charge in [-0.3, -0.25) is 9.59 Å². The Morgan fingerprint density at radius 2 is 1.65 bits per heavy atom. The standard InChI is InChI=1S/C26H32BrN3O4/c1-25(2,3)34-24(33)30-13-10-17(14-30)29-23(32)21-19-9-8-18(26(19)11-12-26)20(21)22(31)28-16-6-4-15(27)5-7-16/h4-9,17-21H,10-14H2,1-3H3,(H,28,31)(H,29,32)/t17?,18-,19-,20-,21-/m1/s1. The number of likely N-dealkylation sites (tertiary alicyclic amines) is 1. The van der Waals surface area contributed by atoms with Gasteiger partial charge < -0.3 is 20.3 Å². The Bertz CT molecular complexity index is 1030. The number of hydrogen-bond donors (Lipinski definition) is 2. The summed E-state index contributed by atoms with van der Waals surface area (Å²) in [5.74, 6) is -0.734.